The molecule has 0 aliphatic heterocycles. The summed E-state index contributed by atoms with van der Waals surface area (Å²) in [5, 5.41) is 3.38. The first-order chi connectivity index (χ1) is 13.4. The highest BCUT2D eigenvalue weighted by atomic mass is 79.9. The fourth-order valence-corrected chi connectivity index (χ4v) is 2.99. The standard InChI is InChI=1S/C21H24BrClN2O3/c1-3-11-24-21(27)15(2)25(13-16-7-9-17(22)10-8-16)20(26)14-28-19-6-4-5-18(23)12-19/h4-10,12,15H,3,11,13-14H2,1-2H3,(H,24,27)/t15-/m1/s1. The van der Waals surface area contributed by atoms with Crippen molar-refractivity contribution in [3.8, 4) is 5.75 Å². The van der Waals surface area contributed by atoms with Gasteiger partial charge in [-0.05, 0) is 49.2 Å². The van der Waals surface area contributed by atoms with E-state index in [1.807, 2.05) is 31.2 Å². The van der Waals surface area contributed by atoms with Gasteiger partial charge < -0.3 is 15.0 Å². The van der Waals surface area contributed by atoms with Crippen molar-refractivity contribution < 1.29 is 14.3 Å². The zero-order valence-electron chi connectivity index (χ0n) is 16.0. The number of nitrogens with one attached hydrogen (secondary N) is 1. The number of amides is 2. The van der Waals surface area contributed by atoms with E-state index in [4.69, 9.17) is 16.3 Å². The molecule has 1 atom stereocenters. The number of halogens is 2. The molecule has 0 saturated carbocycles. The SMILES string of the molecule is CCCNC(=O)[C@@H](C)N(Cc1ccc(Br)cc1)C(=O)COc1cccc(Cl)c1. The quantitative estimate of drug-likeness (QED) is 0.594. The third kappa shape index (κ3) is 6.84. The normalized spacial score (nSPS) is 11.6. The summed E-state index contributed by atoms with van der Waals surface area (Å²) in [6.07, 6.45) is 0.830. The van der Waals surface area contributed by atoms with E-state index < -0.39 is 6.04 Å². The molecule has 0 spiro atoms. The summed E-state index contributed by atoms with van der Waals surface area (Å²) in [5.41, 5.74) is 0.925. The zero-order valence-corrected chi connectivity index (χ0v) is 18.3. The Morgan fingerprint density at radius 1 is 1.21 bits per heavy atom. The van der Waals surface area contributed by atoms with Gasteiger partial charge in [0.25, 0.3) is 5.91 Å². The second-order valence-corrected chi connectivity index (χ2v) is 7.71. The molecular weight excluding hydrogens is 444 g/mol. The highest BCUT2D eigenvalue weighted by Gasteiger charge is 2.26. The predicted octanol–water partition coefficient (Wildman–Crippen LogP) is 4.42. The summed E-state index contributed by atoms with van der Waals surface area (Å²) in [6, 6.07) is 13.9. The van der Waals surface area contributed by atoms with Gasteiger partial charge in [-0.1, -0.05) is 52.7 Å². The maximum absolute atomic E-state index is 12.9. The summed E-state index contributed by atoms with van der Waals surface area (Å²) in [7, 11) is 0. The molecule has 2 aromatic rings. The van der Waals surface area contributed by atoms with Crippen LogP contribution in [0.5, 0.6) is 5.75 Å². The van der Waals surface area contributed by atoms with Crippen LogP contribution in [0.25, 0.3) is 0 Å². The average Bonchev–Trinajstić information content (AvgIpc) is 2.69. The highest BCUT2D eigenvalue weighted by Crippen LogP contribution is 2.18. The molecule has 0 fully saturated rings. The van der Waals surface area contributed by atoms with Gasteiger partial charge in [0.1, 0.15) is 11.8 Å². The zero-order chi connectivity index (χ0) is 20.5. The molecule has 2 amide bonds. The molecule has 0 bridgehead atoms. The third-order valence-corrected chi connectivity index (χ3v) is 4.90. The number of benzene rings is 2. The molecule has 0 aliphatic carbocycles. The number of ether oxygens (including phenoxy) is 1. The summed E-state index contributed by atoms with van der Waals surface area (Å²) < 4.78 is 6.53. The Kier molecular flexibility index (Phi) is 8.80. The Labute approximate surface area is 179 Å². The second-order valence-electron chi connectivity index (χ2n) is 6.36. The molecule has 150 valence electrons. The van der Waals surface area contributed by atoms with Crippen LogP contribution in [-0.2, 0) is 16.1 Å². The summed E-state index contributed by atoms with van der Waals surface area (Å²) in [5.74, 6) is 0.0460. The van der Waals surface area contributed by atoms with Crippen LogP contribution in [0, 0.1) is 0 Å². The number of hydrogen-bond acceptors (Lipinski definition) is 3. The van der Waals surface area contributed by atoms with E-state index >= 15 is 0 Å². The molecule has 0 aliphatic rings. The molecule has 7 heteroatoms. The van der Waals surface area contributed by atoms with E-state index in [0.29, 0.717) is 23.9 Å². The number of carbonyl (C=O) groups excluding carboxylic acids is 2. The van der Waals surface area contributed by atoms with Crippen LogP contribution in [-0.4, -0.2) is 35.9 Å². The van der Waals surface area contributed by atoms with Crippen molar-refractivity contribution >= 4 is 39.3 Å². The second kappa shape index (κ2) is 11.1. The lowest BCUT2D eigenvalue weighted by atomic mass is 10.1. The van der Waals surface area contributed by atoms with Gasteiger partial charge in [0.2, 0.25) is 5.91 Å². The molecule has 0 radical (unpaired) electrons. The van der Waals surface area contributed by atoms with Gasteiger partial charge >= 0.3 is 0 Å². The lowest BCUT2D eigenvalue weighted by Gasteiger charge is -2.28. The topological polar surface area (TPSA) is 58.6 Å². The van der Waals surface area contributed by atoms with Crippen molar-refractivity contribution in [1.29, 1.82) is 0 Å². The first kappa shape index (κ1) is 22.2. The Balaban J connectivity index is 2.11. The van der Waals surface area contributed by atoms with Gasteiger partial charge in [-0.3, -0.25) is 9.59 Å². The molecule has 0 aromatic heterocycles. The van der Waals surface area contributed by atoms with Crippen molar-refractivity contribution in [2.45, 2.75) is 32.9 Å². The van der Waals surface area contributed by atoms with E-state index in [9.17, 15) is 9.59 Å². The summed E-state index contributed by atoms with van der Waals surface area (Å²) in [4.78, 5) is 26.8. The molecular formula is C21H24BrClN2O3. The number of carbonyl (C=O) groups is 2. The van der Waals surface area contributed by atoms with Crippen LogP contribution in [0.2, 0.25) is 5.02 Å². The monoisotopic (exact) mass is 466 g/mol. The minimum atomic E-state index is -0.620. The minimum Gasteiger partial charge on any atom is -0.484 e. The number of hydrogen-bond donors (Lipinski definition) is 1. The summed E-state index contributed by atoms with van der Waals surface area (Å²) >= 11 is 9.35. The van der Waals surface area contributed by atoms with Crippen molar-refractivity contribution in [3.05, 3.63) is 63.6 Å². The van der Waals surface area contributed by atoms with Crippen LogP contribution in [0.15, 0.2) is 53.0 Å². The molecule has 2 aromatic carbocycles. The number of nitrogens with zero attached hydrogens (tertiary/aromatic N) is 1. The van der Waals surface area contributed by atoms with Crippen molar-refractivity contribution in [3.63, 3.8) is 0 Å². The van der Waals surface area contributed by atoms with Gasteiger partial charge in [0, 0.05) is 22.6 Å². The Bertz CT molecular complexity index is 798. The lowest BCUT2D eigenvalue weighted by molar-refractivity contribution is -0.142. The van der Waals surface area contributed by atoms with E-state index in [0.717, 1.165) is 16.5 Å². The van der Waals surface area contributed by atoms with Gasteiger partial charge in [0.15, 0.2) is 6.61 Å². The highest BCUT2D eigenvalue weighted by molar-refractivity contribution is 9.10. The molecule has 28 heavy (non-hydrogen) atoms. The molecule has 1 N–H and O–H groups in total. The molecule has 5 nitrogen and oxygen atoms in total. The molecule has 2 rings (SSSR count). The van der Waals surface area contributed by atoms with E-state index in [1.165, 1.54) is 4.90 Å². The molecule has 0 heterocycles. The first-order valence-corrected chi connectivity index (χ1v) is 10.3. The Morgan fingerprint density at radius 2 is 1.93 bits per heavy atom. The molecule has 0 saturated heterocycles. The third-order valence-electron chi connectivity index (χ3n) is 4.14. The first-order valence-electron chi connectivity index (χ1n) is 9.10. The van der Waals surface area contributed by atoms with Crippen LogP contribution >= 0.6 is 27.5 Å². The average molecular weight is 468 g/mol. The van der Waals surface area contributed by atoms with Gasteiger partial charge in [-0.25, -0.2) is 0 Å². The van der Waals surface area contributed by atoms with Gasteiger partial charge in [0.05, 0.1) is 0 Å². The number of rotatable bonds is 9. The maximum Gasteiger partial charge on any atom is 0.261 e. The van der Waals surface area contributed by atoms with Crippen molar-refractivity contribution in [1.82, 2.24) is 10.2 Å². The predicted molar refractivity (Wildman–Crippen MR) is 114 cm³/mol. The van der Waals surface area contributed by atoms with Crippen LogP contribution in [0.3, 0.4) is 0 Å². The Hall–Kier alpha value is -2.05. The van der Waals surface area contributed by atoms with E-state index in [2.05, 4.69) is 21.2 Å². The minimum absolute atomic E-state index is 0.178. The molecule has 0 unspecified atom stereocenters. The van der Waals surface area contributed by atoms with Crippen molar-refractivity contribution in [2.24, 2.45) is 0 Å². The fourth-order valence-electron chi connectivity index (χ4n) is 2.55. The summed E-state index contributed by atoms with van der Waals surface area (Å²) in [6.45, 7) is 4.41. The van der Waals surface area contributed by atoms with E-state index in [-0.39, 0.29) is 18.4 Å². The van der Waals surface area contributed by atoms with Crippen molar-refractivity contribution in [2.75, 3.05) is 13.2 Å². The van der Waals surface area contributed by atoms with Crippen LogP contribution in [0.1, 0.15) is 25.8 Å². The van der Waals surface area contributed by atoms with Gasteiger partial charge in [-0.2, -0.15) is 0 Å². The smallest absolute Gasteiger partial charge is 0.261 e. The maximum atomic E-state index is 12.9. The lowest BCUT2D eigenvalue weighted by Crippen LogP contribution is -2.49. The largest absolute Gasteiger partial charge is 0.484 e. The fraction of sp³-hybridized carbons (Fsp3) is 0.333. The van der Waals surface area contributed by atoms with Crippen LogP contribution < -0.4 is 10.1 Å². The van der Waals surface area contributed by atoms with Gasteiger partial charge in [-0.15, -0.1) is 0 Å². The Morgan fingerprint density at radius 3 is 2.57 bits per heavy atom. The van der Waals surface area contributed by atoms with Crippen LogP contribution in [0.4, 0.5) is 0 Å². The van der Waals surface area contributed by atoms with E-state index in [1.54, 1.807) is 31.2 Å².